The maximum Gasteiger partial charge on any atom is 0.135 e. The van der Waals surface area contributed by atoms with E-state index in [9.17, 15) is 0 Å². The van der Waals surface area contributed by atoms with Crippen LogP contribution in [-0.2, 0) is 17.6 Å². The molecule has 2 fully saturated rings. The molecule has 1 aromatic rings. The van der Waals surface area contributed by atoms with Gasteiger partial charge in [0.15, 0.2) is 0 Å². The minimum Gasteiger partial charge on any atom is -0.379 e. The Morgan fingerprint density at radius 1 is 1.10 bits per heavy atom. The third-order valence-corrected chi connectivity index (χ3v) is 4.83. The predicted octanol–water partition coefficient (Wildman–Crippen LogP) is -0.314. The zero-order chi connectivity index (χ0) is 14.1. The number of hydrogen-bond acceptors (Lipinski definition) is 6. The van der Waals surface area contributed by atoms with Gasteiger partial charge in [-0.05, 0) is 13.0 Å². The first kappa shape index (κ1) is 13.4. The van der Waals surface area contributed by atoms with Gasteiger partial charge in [0.2, 0.25) is 0 Å². The summed E-state index contributed by atoms with van der Waals surface area (Å²) in [5, 5.41) is 3.45. The Kier molecular flexibility index (Phi) is 3.75. The zero-order valence-corrected chi connectivity index (χ0v) is 12.4. The van der Waals surface area contributed by atoms with Gasteiger partial charge in [0.25, 0.3) is 0 Å². The van der Waals surface area contributed by atoms with E-state index in [1.807, 2.05) is 0 Å². The van der Waals surface area contributed by atoms with E-state index in [4.69, 9.17) is 4.74 Å². The molecule has 3 aliphatic rings. The van der Waals surface area contributed by atoms with Crippen molar-refractivity contribution < 1.29 is 4.74 Å². The molecule has 4 rings (SSSR count). The maximum absolute atomic E-state index is 5.44. The highest BCUT2D eigenvalue weighted by atomic mass is 16.5. The van der Waals surface area contributed by atoms with Crippen LogP contribution < -0.4 is 10.2 Å². The summed E-state index contributed by atoms with van der Waals surface area (Å²) in [7, 11) is 0. The number of nitrogens with zero attached hydrogens (tertiary/aromatic N) is 4. The van der Waals surface area contributed by atoms with Gasteiger partial charge in [0.1, 0.15) is 12.1 Å². The van der Waals surface area contributed by atoms with Crippen LogP contribution in [0.2, 0.25) is 0 Å². The number of ether oxygens (including phenoxy) is 1. The lowest BCUT2D eigenvalue weighted by atomic mass is 10.0. The highest BCUT2D eigenvalue weighted by Gasteiger charge is 2.34. The van der Waals surface area contributed by atoms with Crippen molar-refractivity contribution in [1.82, 2.24) is 20.2 Å². The number of fused-ring (bicyclic) bond motifs is 1. The Hall–Kier alpha value is -1.24. The van der Waals surface area contributed by atoms with Crippen molar-refractivity contribution in [3.63, 3.8) is 0 Å². The number of aromatic nitrogens is 2. The second kappa shape index (κ2) is 5.87. The fourth-order valence-corrected chi connectivity index (χ4v) is 3.53. The molecule has 1 aromatic heterocycles. The average Bonchev–Trinajstić information content (AvgIpc) is 2.73. The quantitative estimate of drug-likeness (QED) is 0.806. The van der Waals surface area contributed by atoms with Gasteiger partial charge in [-0.1, -0.05) is 0 Å². The van der Waals surface area contributed by atoms with Gasteiger partial charge in [-0.25, -0.2) is 9.97 Å². The molecule has 4 heterocycles. The first-order chi connectivity index (χ1) is 10.4. The van der Waals surface area contributed by atoms with Crippen LogP contribution in [0.3, 0.4) is 0 Å². The highest BCUT2D eigenvalue weighted by Crippen LogP contribution is 2.28. The molecule has 6 heteroatoms. The predicted molar refractivity (Wildman–Crippen MR) is 80.7 cm³/mol. The molecule has 0 bridgehead atoms. The molecule has 6 nitrogen and oxygen atoms in total. The van der Waals surface area contributed by atoms with Gasteiger partial charge in [-0.2, -0.15) is 0 Å². The third kappa shape index (κ3) is 2.63. The average molecular weight is 289 g/mol. The minimum absolute atomic E-state index is 0.670. The topological polar surface area (TPSA) is 53.5 Å². The zero-order valence-electron chi connectivity index (χ0n) is 12.4. The van der Waals surface area contributed by atoms with Crippen LogP contribution in [0.15, 0.2) is 6.33 Å². The summed E-state index contributed by atoms with van der Waals surface area (Å²) in [5.41, 5.74) is 2.60. The SMILES string of the molecule is c1nc2c(c(N3CC(N4CCOCC4)C3)n1)CCNCC2. The van der Waals surface area contributed by atoms with Crippen LogP contribution in [0.25, 0.3) is 0 Å². The second-order valence-electron chi connectivity index (χ2n) is 6.08. The van der Waals surface area contributed by atoms with Gasteiger partial charge < -0.3 is 15.0 Å². The summed E-state index contributed by atoms with van der Waals surface area (Å²) in [6, 6.07) is 0.670. The van der Waals surface area contributed by atoms with Crippen LogP contribution in [0, 0.1) is 0 Å². The smallest absolute Gasteiger partial charge is 0.135 e. The Labute approximate surface area is 125 Å². The van der Waals surface area contributed by atoms with Crippen LogP contribution in [-0.4, -0.2) is 73.4 Å². The van der Waals surface area contributed by atoms with Gasteiger partial charge in [-0.15, -0.1) is 0 Å². The Balaban J connectivity index is 1.46. The van der Waals surface area contributed by atoms with Gasteiger partial charge in [0, 0.05) is 50.7 Å². The molecule has 0 aliphatic carbocycles. The van der Waals surface area contributed by atoms with E-state index in [0.717, 1.165) is 65.3 Å². The van der Waals surface area contributed by atoms with Crippen LogP contribution in [0.4, 0.5) is 5.82 Å². The summed E-state index contributed by atoms with van der Waals surface area (Å²) in [6.45, 7) is 8.16. The van der Waals surface area contributed by atoms with E-state index in [2.05, 4.69) is 25.1 Å². The number of rotatable bonds is 2. The van der Waals surface area contributed by atoms with E-state index in [-0.39, 0.29) is 0 Å². The summed E-state index contributed by atoms with van der Waals surface area (Å²) in [6.07, 6.45) is 3.80. The Morgan fingerprint density at radius 2 is 1.90 bits per heavy atom. The van der Waals surface area contributed by atoms with E-state index in [1.165, 1.54) is 17.1 Å². The first-order valence-corrected chi connectivity index (χ1v) is 8.02. The van der Waals surface area contributed by atoms with Crippen molar-refractivity contribution in [2.45, 2.75) is 18.9 Å². The number of hydrogen-bond donors (Lipinski definition) is 1. The lowest BCUT2D eigenvalue weighted by Crippen LogP contribution is -2.62. The number of nitrogens with one attached hydrogen (secondary N) is 1. The van der Waals surface area contributed by atoms with E-state index < -0.39 is 0 Å². The standard InChI is InChI=1S/C15H23N5O/c1-3-16-4-2-14-13(1)15(18-11-17-14)20-9-12(10-20)19-5-7-21-8-6-19/h11-12,16H,1-10H2. The van der Waals surface area contributed by atoms with E-state index in [1.54, 1.807) is 6.33 Å². The largest absolute Gasteiger partial charge is 0.379 e. The molecule has 0 aromatic carbocycles. The van der Waals surface area contributed by atoms with Crippen molar-refractivity contribution >= 4 is 5.82 Å². The summed E-state index contributed by atoms with van der Waals surface area (Å²) in [5.74, 6) is 1.17. The minimum atomic E-state index is 0.670. The summed E-state index contributed by atoms with van der Waals surface area (Å²) >= 11 is 0. The first-order valence-electron chi connectivity index (χ1n) is 8.02. The highest BCUT2D eigenvalue weighted by molar-refractivity contribution is 5.52. The van der Waals surface area contributed by atoms with Gasteiger partial charge in [-0.3, -0.25) is 4.90 Å². The molecule has 0 atom stereocenters. The van der Waals surface area contributed by atoms with Crippen LogP contribution in [0.5, 0.6) is 0 Å². The number of morpholine rings is 1. The van der Waals surface area contributed by atoms with Crippen molar-refractivity contribution in [1.29, 1.82) is 0 Å². The fourth-order valence-electron chi connectivity index (χ4n) is 3.53. The van der Waals surface area contributed by atoms with Crippen molar-refractivity contribution in [2.75, 3.05) is 57.4 Å². The molecule has 1 N–H and O–H groups in total. The van der Waals surface area contributed by atoms with Crippen molar-refractivity contribution in [3.8, 4) is 0 Å². The normalized spacial score (nSPS) is 24.3. The molecule has 3 aliphatic heterocycles. The molecular weight excluding hydrogens is 266 g/mol. The molecule has 0 spiro atoms. The Bertz CT molecular complexity index is 497. The molecule has 0 saturated carbocycles. The molecule has 0 unspecified atom stereocenters. The van der Waals surface area contributed by atoms with Crippen LogP contribution in [0.1, 0.15) is 11.3 Å². The molecule has 114 valence electrons. The van der Waals surface area contributed by atoms with Gasteiger partial charge in [0.05, 0.1) is 18.9 Å². The summed E-state index contributed by atoms with van der Waals surface area (Å²) < 4.78 is 5.44. The molecule has 21 heavy (non-hydrogen) atoms. The van der Waals surface area contributed by atoms with Crippen molar-refractivity contribution in [3.05, 3.63) is 17.6 Å². The lowest BCUT2D eigenvalue weighted by Gasteiger charge is -2.47. The Morgan fingerprint density at radius 3 is 2.76 bits per heavy atom. The number of anilines is 1. The van der Waals surface area contributed by atoms with E-state index >= 15 is 0 Å². The maximum atomic E-state index is 5.44. The molecule has 0 amide bonds. The lowest BCUT2D eigenvalue weighted by molar-refractivity contribution is 0.0104. The molecule has 2 saturated heterocycles. The third-order valence-electron chi connectivity index (χ3n) is 4.83. The van der Waals surface area contributed by atoms with Crippen molar-refractivity contribution in [2.24, 2.45) is 0 Å². The van der Waals surface area contributed by atoms with Gasteiger partial charge >= 0.3 is 0 Å². The summed E-state index contributed by atoms with van der Waals surface area (Å²) in [4.78, 5) is 14.0. The van der Waals surface area contributed by atoms with E-state index in [0.29, 0.717) is 6.04 Å². The fraction of sp³-hybridized carbons (Fsp3) is 0.733. The molecule has 0 radical (unpaired) electrons. The van der Waals surface area contributed by atoms with Crippen LogP contribution >= 0.6 is 0 Å². The molecular formula is C15H23N5O. The second-order valence-corrected chi connectivity index (χ2v) is 6.08. The monoisotopic (exact) mass is 289 g/mol.